The SMILES string of the molecule is CC1(C)OC2C(CN(CCCC3CNc4ccc(C(C)(C)C)cc4NC3=O)S(C)(=O)=O)OC(n3cnc4c(N)ncnc43)C2O1. The lowest BCUT2D eigenvalue weighted by atomic mass is 9.86. The summed E-state index contributed by atoms with van der Waals surface area (Å²) in [5.41, 5.74) is 9.62. The Morgan fingerprint density at radius 3 is 2.62 bits per heavy atom. The van der Waals surface area contributed by atoms with Gasteiger partial charge in [0.2, 0.25) is 15.9 Å². The number of nitrogen functional groups attached to an aromatic ring is 1. The van der Waals surface area contributed by atoms with Crippen LogP contribution >= 0.6 is 0 Å². The molecule has 0 aliphatic carbocycles. The van der Waals surface area contributed by atoms with Gasteiger partial charge in [-0.2, -0.15) is 4.31 Å². The summed E-state index contributed by atoms with van der Waals surface area (Å²) in [6.45, 7) is 10.7. The molecule has 15 heteroatoms. The second kappa shape index (κ2) is 11.5. The molecule has 0 radical (unpaired) electrons. The fourth-order valence-electron chi connectivity index (χ4n) is 6.26. The first-order chi connectivity index (χ1) is 21.1. The number of amides is 1. The van der Waals surface area contributed by atoms with Crippen LogP contribution in [0.1, 0.15) is 59.3 Å². The predicted molar refractivity (Wildman–Crippen MR) is 169 cm³/mol. The number of imidazole rings is 1. The summed E-state index contributed by atoms with van der Waals surface area (Å²) in [7, 11) is -3.62. The van der Waals surface area contributed by atoms with Crippen LogP contribution in [0.3, 0.4) is 0 Å². The maximum Gasteiger partial charge on any atom is 0.229 e. The number of anilines is 3. The lowest BCUT2D eigenvalue weighted by Crippen LogP contribution is -2.43. The summed E-state index contributed by atoms with van der Waals surface area (Å²) < 4.78 is 48.0. The molecule has 45 heavy (non-hydrogen) atoms. The summed E-state index contributed by atoms with van der Waals surface area (Å²) >= 11 is 0. The van der Waals surface area contributed by atoms with E-state index in [0.717, 1.165) is 16.9 Å². The molecule has 244 valence electrons. The topological polar surface area (TPSA) is 176 Å². The fraction of sp³-hybridized carbons (Fsp3) is 0.600. The van der Waals surface area contributed by atoms with Crippen molar-refractivity contribution in [1.82, 2.24) is 23.8 Å². The van der Waals surface area contributed by atoms with Crippen LogP contribution in [0.4, 0.5) is 17.2 Å². The van der Waals surface area contributed by atoms with E-state index in [2.05, 4.69) is 52.4 Å². The number of hydrogen-bond acceptors (Lipinski definition) is 11. The fourth-order valence-corrected chi connectivity index (χ4v) is 7.13. The highest BCUT2D eigenvalue weighted by Gasteiger charge is 2.56. The summed E-state index contributed by atoms with van der Waals surface area (Å²) in [4.78, 5) is 25.9. The van der Waals surface area contributed by atoms with E-state index in [1.165, 1.54) is 16.9 Å². The average molecular weight is 643 g/mol. The van der Waals surface area contributed by atoms with Gasteiger partial charge < -0.3 is 30.6 Å². The minimum Gasteiger partial charge on any atom is -0.383 e. The van der Waals surface area contributed by atoms with E-state index in [1.807, 2.05) is 26.0 Å². The highest BCUT2D eigenvalue weighted by atomic mass is 32.2. The molecule has 3 aliphatic rings. The second-order valence-electron chi connectivity index (χ2n) is 13.6. The molecule has 4 N–H and O–H groups in total. The maximum atomic E-state index is 13.2. The third-order valence-corrected chi connectivity index (χ3v) is 9.92. The number of nitrogens with two attached hydrogens (primary N) is 1. The second-order valence-corrected chi connectivity index (χ2v) is 15.5. The highest BCUT2D eigenvalue weighted by Crippen LogP contribution is 2.44. The molecule has 3 aliphatic heterocycles. The van der Waals surface area contributed by atoms with E-state index in [0.29, 0.717) is 30.6 Å². The molecule has 0 saturated carbocycles. The molecule has 2 fully saturated rings. The van der Waals surface area contributed by atoms with Gasteiger partial charge in [0, 0.05) is 19.6 Å². The Bertz CT molecular complexity index is 1700. The first-order valence-electron chi connectivity index (χ1n) is 15.2. The largest absolute Gasteiger partial charge is 0.383 e. The molecule has 14 nitrogen and oxygen atoms in total. The number of benzene rings is 1. The van der Waals surface area contributed by atoms with Crippen molar-refractivity contribution in [2.45, 2.75) is 83.2 Å². The molecular formula is C30H42N8O6S. The third-order valence-electron chi connectivity index (χ3n) is 8.65. The minimum absolute atomic E-state index is 0.0514. The number of ether oxygens (including phenoxy) is 3. The normalized spacial score (nSPS) is 26.4. The van der Waals surface area contributed by atoms with E-state index in [1.54, 1.807) is 10.9 Å². The summed E-state index contributed by atoms with van der Waals surface area (Å²) in [6, 6.07) is 6.08. The van der Waals surface area contributed by atoms with Crippen molar-refractivity contribution in [2.24, 2.45) is 5.92 Å². The molecule has 5 atom stereocenters. The van der Waals surface area contributed by atoms with Crippen LogP contribution in [-0.4, -0.2) is 88.1 Å². The smallest absolute Gasteiger partial charge is 0.229 e. The molecule has 2 aromatic heterocycles. The Morgan fingerprint density at radius 1 is 1.13 bits per heavy atom. The van der Waals surface area contributed by atoms with Crippen molar-refractivity contribution in [1.29, 1.82) is 0 Å². The summed E-state index contributed by atoms with van der Waals surface area (Å²) in [5.74, 6) is -1.07. The number of carbonyl (C=O) groups is 1. The van der Waals surface area contributed by atoms with E-state index in [4.69, 9.17) is 19.9 Å². The number of fused-ring (bicyclic) bond motifs is 3. The Hall–Kier alpha value is -3.37. The Balaban J connectivity index is 1.14. The number of aromatic nitrogens is 4. The average Bonchev–Trinajstić information content (AvgIpc) is 3.57. The van der Waals surface area contributed by atoms with Gasteiger partial charge >= 0.3 is 0 Å². The number of nitrogens with one attached hydrogen (secondary N) is 2. The molecule has 1 amide bonds. The number of nitrogens with zero attached hydrogens (tertiary/aromatic N) is 5. The van der Waals surface area contributed by atoms with Gasteiger partial charge in [-0.3, -0.25) is 9.36 Å². The Morgan fingerprint density at radius 2 is 1.89 bits per heavy atom. The van der Waals surface area contributed by atoms with Gasteiger partial charge in [0.25, 0.3) is 0 Å². The van der Waals surface area contributed by atoms with E-state index < -0.39 is 40.4 Å². The molecule has 5 unspecified atom stereocenters. The predicted octanol–water partition coefficient (Wildman–Crippen LogP) is 2.85. The lowest BCUT2D eigenvalue weighted by molar-refractivity contribution is -0.196. The van der Waals surface area contributed by atoms with Gasteiger partial charge in [0.15, 0.2) is 23.5 Å². The van der Waals surface area contributed by atoms with Gasteiger partial charge in [-0.1, -0.05) is 26.8 Å². The lowest BCUT2D eigenvalue weighted by Gasteiger charge is -2.28. The van der Waals surface area contributed by atoms with Crippen molar-refractivity contribution < 1.29 is 27.4 Å². The van der Waals surface area contributed by atoms with Crippen LogP contribution in [0.25, 0.3) is 11.2 Å². The van der Waals surface area contributed by atoms with Gasteiger partial charge in [0.05, 0.1) is 29.9 Å². The van der Waals surface area contributed by atoms with E-state index in [-0.39, 0.29) is 36.1 Å². The summed E-state index contributed by atoms with van der Waals surface area (Å²) in [6.07, 6.45) is 2.68. The number of hydrogen-bond donors (Lipinski definition) is 3. The van der Waals surface area contributed by atoms with Crippen LogP contribution in [0.5, 0.6) is 0 Å². The van der Waals surface area contributed by atoms with Gasteiger partial charge in [-0.15, -0.1) is 0 Å². The van der Waals surface area contributed by atoms with E-state index in [9.17, 15) is 13.2 Å². The Kier molecular flexibility index (Phi) is 8.05. The third kappa shape index (κ3) is 6.36. The minimum atomic E-state index is -3.62. The monoisotopic (exact) mass is 642 g/mol. The van der Waals surface area contributed by atoms with Gasteiger partial charge in [-0.25, -0.2) is 23.4 Å². The Labute approximate surface area is 263 Å². The molecule has 0 spiro atoms. The van der Waals surface area contributed by atoms with Crippen LogP contribution in [-0.2, 0) is 34.4 Å². The zero-order valence-corrected chi connectivity index (χ0v) is 27.3. The number of sulfonamides is 1. The van der Waals surface area contributed by atoms with Crippen molar-refractivity contribution in [3.8, 4) is 0 Å². The molecule has 1 aromatic carbocycles. The molecule has 5 heterocycles. The molecular weight excluding hydrogens is 600 g/mol. The standard InChI is InChI=1S/C30H42N8O6S/c1-29(2,3)18-9-10-19-20(12-18)36-27(39)17(13-32-19)8-7-11-37(45(6,40)41)14-21-23-24(44-30(4,5)43-23)28(42-21)38-16-35-22-25(31)33-15-34-26(22)38/h9-10,12,15-17,21,23-24,28,32H,7-8,11,13-14H2,1-6H3,(H,36,39)(H2,31,33,34). The van der Waals surface area contributed by atoms with Crippen LogP contribution < -0.4 is 16.4 Å². The molecule has 6 rings (SSSR count). The molecule has 3 aromatic rings. The van der Waals surface area contributed by atoms with Gasteiger partial charge in [0.1, 0.15) is 30.2 Å². The first-order valence-corrected chi connectivity index (χ1v) is 17.0. The number of rotatable bonds is 8. The zero-order valence-electron chi connectivity index (χ0n) is 26.5. The zero-order chi connectivity index (χ0) is 32.3. The van der Waals surface area contributed by atoms with Crippen LogP contribution in [0, 0.1) is 5.92 Å². The van der Waals surface area contributed by atoms with Crippen molar-refractivity contribution >= 4 is 44.3 Å². The van der Waals surface area contributed by atoms with E-state index >= 15 is 0 Å². The summed E-state index contributed by atoms with van der Waals surface area (Å²) in [5, 5.41) is 6.46. The van der Waals surface area contributed by atoms with Crippen LogP contribution in [0.15, 0.2) is 30.9 Å². The maximum absolute atomic E-state index is 13.2. The number of carbonyl (C=O) groups excluding carboxylic acids is 1. The quantitative estimate of drug-likeness (QED) is 0.329. The highest BCUT2D eigenvalue weighted by molar-refractivity contribution is 7.88. The van der Waals surface area contributed by atoms with Crippen molar-refractivity contribution in [2.75, 3.05) is 42.3 Å². The molecule has 2 saturated heterocycles. The van der Waals surface area contributed by atoms with Crippen molar-refractivity contribution in [3.63, 3.8) is 0 Å². The molecule has 0 bridgehead atoms. The first kappa shape index (κ1) is 31.6. The van der Waals surface area contributed by atoms with Gasteiger partial charge in [-0.05, 0) is 49.8 Å². The van der Waals surface area contributed by atoms with Crippen molar-refractivity contribution in [3.05, 3.63) is 36.4 Å². The van der Waals surface area contributed by atoms with Crippen LogP contribution in [0.2, 0.25) is 0 Å².